The fraction of sp³-hybridized carbons (Fsp3) is 0.333. The molecule has 172 valence electrons. The average Bonchev–Trinajstić information content (AvgIpc) is 3.22. The molecule has 3 aromatic rings. The van der Waals surface area contributed by atoms with E-state index in [1.54, 1.807) is 10.6 Å². The van der Waals surface area contributed by atoms with E-state index in [1.807, 2.05) is 30.5 Å². The number of pyridine rings is 1. The quantitative estimate of drug-likeness (QED) is 0.410. The van der Waals surface area contributed by atoms with Crippen LogP contribution in [0.5, 0.6) is 0 Å². The largest absolute Gasteiger partial charge is 0.383 e. The van der Waals surface area contributed by atoms with Gasteiger partial charge in [0.15, 0.2) is 0 Å². The smallest absolute Gasteiger partial charge is 0.255 e. The summed E-state index contributed by atoms with van der Waals surface area (Å²) in [6.45, 7) is 7.14. The summed E-state index contributed by atoms with van der Waals surface area (Å²) in [4.78, 5) is 18.7. The Hall–Kier alpha value is -3.38. The third kappa shape index (κ3) is 5.17. The zero-order chi connectivity index (χ0) is 23.4. The van der Waals surface area contributed by atoms with E-state index < -0.39 is 0 Å². The highest BCUT2D eigenvalue weighted by atomic mass is 16.1. The minimum absolute atomic E-state index is 0.0929. The zero-order valence-electron chi connectivity index (χ0n) is 19.7. The number of hydrogen-bond acceptors (Lipinski definition) is 4. The maximum atomic E-state index is 13.0. The van der Waals surface area contributed by atoms with Crippen LogP contribution >= 0.6 is 0 Å². The van der Waals surface area contributed by atoms with Crippen molar-refractivity contribution in [3.8, 4) is 16.9 Å². The normalized spacial score (nSPS) is 13.0. The first-order valence-electron chi connectivity index (χ1n) is 11.7. The fourth-order valence-corrected chi connectivity index (χ4v) is 4.38. The molecule has 0 atom stereocenters. The summed E-state index contributed by atoms with van der Waals surface area (Å²) < 4.78 is 1.63. The highest BCUT2D eigenvalue weighted by Gasteiger charge is 2.13. The second-order valence-electron chi connectivity index (χ2n) is 8.88. The summed E-state index contributed by atoms with van der Waals surface area (Å²) in [5.74, 6) is 0. The SMILES string of the molecule is CCCN(C)CCNc1ccc(-n2ccc(-c3cc4c([nH]3)CCC(C)=C4)cc2=O)cc1C=N. The highest BCUT2D eigenvalue weighted by Crippen LogP contribution is 2.28. The molecule has 3 N–H and O–H groups in total. The van der Waals surface area contributed by atoms with Crippen LogP contribution in [0.3, 0.4) is 0 Å². The summed E-state index contributed by atoms with van der Waals surface area (Å²) in [6.07, 6.45) is 8.58. The van der Waals surface area contributed by atoms with Crippen LogP contribution in [0.25, 0.3) is 23.0 Å². The van der Waals surface area contributed by atoms with E-state index in [4.69, 9.17) is 5.41 Å². The number of anilines is 1. The van der Waals surface area contributed by atoms with E-state index in [2.05, 4.69) is 48.2 Å². The highest BCUT2D eigenvalue weighted by molar-refractivity contribution is 5.86. The molecule has 1 aliphatic rings. The van der Waals surface area contributed by atoms with Gasteiger partial charge in [-0.05, 0) is 75.7 Å². The van der Waals surface area contributed by atoms with Gasteiger partial charge in [-0.3, -0.25) is 9.36 Å². The molecule has 6 nitrogen and oxygen atoms in total. The van der Waals surface area contributed by atoms with Crippen molar-refractivity contribution >= 4 is 18.0 Å². The molecule has 0 spiro atoms. The molecule has 1 aliphatic carbocycles. The molecule has 2 aromatic heterocycles. The number of hydrogen-bond donors (Lipinski definition) is 3. The van der Waals surface area contributed by atoms with E-state index >= 15 is 0 Å². The van der Waals surface area contributed by atoms with Crippen molar-refractivity contribution in [2.75, 3.05) is 32.0 Å². The second-order valence-corrected chi connectivity index (χ2v) is 8.88. The number of nitrogens with one attached hydrogen (secondary N) is 3. The van der Waals surface area contributed by atoms with Gasteiger partial charge in [-0.1, -0.05) is 18.6 Å². The molecule has 0 amide bonds. The summed E-state index contributed by atoms with van der Waals surface area (Å²) in [7, 11) is 2.11. The van der Waals surface area contributed by atoms with Gasteiger partial charge in [0, 0.05) is 65.5 Å². The molecule has 1 aromatic carbocycles. The lowest BCUT2D eigenvalue weighted by atomic mass is 9.99. The average molecular weight is 444 g/mol. The van der Waals surface area contributed by atoms with Gasteiger partial charge in [-0.25, -0.2) is 0 Å². The van der Waals surface area contributed by atoms with Crippen LogP contribution in [-0.4, -0.2) is 47.3 Å². The number of aromatic nitrogens is 2. The van der Waals surface area contributed by atoms with Crippen molar-refractivity contribution in [2.24, 2.45) is 0 Å². The van der Waals surface area contributed by atoms with Gasteiger partial charge in [-0.2, -0.15) is 0 Å². The maximum Gasteiger partial charge on any atom is 0.255 e. The van der Waals surface area contributed by atoms with Crippen LogP contribution < -0.4 is 10.9 Å². The topological polar surface area (TPSA) is 76.9 Å². The lowest BCUT2D eigenvalue weighted by molar-refractivity contribution is 0.348. The van der Waals surface area contributed by atoms with Gasteiger partial charge in [0.2, 0.25) is 0 Å². The van der Waals surface area contributed by atoms with Crippen molar-refractivity contribution in [1.29, 1.82) is 5.41 Å². The Morgan fingerprint density at radius 3 is 2.79 bits per heavy atom. The van der Waals surface area contributed by atoms with E-state index in [0.29, 0.717) is 0 Å². The Labute approximate surface area is 195 Å². The summed E-state index contributed by atoms with van der Waals surface area (Å²) in [6, 6.07) is 11.5. The maximum absolute atomic E-state index is 13.0. The third-order valence-electron chi connectivity index (χ3n) is 6.22. The van der Waals surface area contributed by atoms with E-state index in [1.165, 1.54) is 23.0 Å². The molecule has 33 heavy (non-hydrogen) atoms. The van der Waals surface area contributed by atoms with Crippen LogP contribution in [0.2, 0.25) is 0 Å². The number of allylic oxidation sites excluding steroid dienone is 1. The summed E-state index contributed by atoms with van der Waals surface area (Å²) in [5, 5.41) is 11.3. The van der Waals surface area contributed by atoms with Crippen molar-refractivity contribution in [3.63, 3.8) is 0 Å². The summed E-state index contributed by atoms with van der Waals surface area (Å²) >= 11 is 0. The van der Waals surface area contributed by atoms with Crippen LogP contribution in [0.1, 0.15) is 43.5 Å². The minimum Gasteiger partial charge on any atom is -0.383 e. The van der Waals surface area contributed by atoms with Crippen molar-refractivity contribution < 1.29 is 0 Å². The molecule has 0 fully saturated rings. The monoisotopic (exact) mass is 443 g/mol. The molecule has 0 saturated heterocycles. The van der Waals surface area contributed by atoms with Crippen LogP contribution in [0, 0.1) is 5.41 Å². The first kappa shape index (κ1) is 22.8. The minimum atomic E-state index is -0.0929. The van der Waals surface area contributed by atoms with Gasteiger partial charge in [-0.15, -0.1) is 0 Å². The number of nitrogens with zero attached hydrogens (tertiary/aromatic N) is 2. The van der Waals surface area contributed by atoms with Crippen LogP contribution in [0.4, 0.5) is 5.69 Å². The van der Waals surface area contributed by atoms with Crippen LogP contribution in [-0.2, 0) is 6.42 Å². The number of aromatic amines is 1. The van der Waals surface area contributed by atoms with Gasteiger partial charge in [0.1, 0.15) is 0 Å². The Bertz CT molecular complexity index is 1230. The third-order valence-corrected chi connectivity index (χ3v) is 6.22. The Balaban J connectivity index is 1.53. The van der Waals surface area contributed by atoms with Gasteiger partial charge in [0.05, 0.1) is 0 Å². The zero-order valence-corrected chi connectivity index (χ0v) is 19.7. The Morgan fingerprint density at radius 1 is 1.18 bits per heavy atom. The lowest BCUT2D eigenvalue weighted by Gasteiger charge is -2.17. The second kappa shape index (κ2) is 10.0. The summed E-state index contributed by atoms with van der Waals surface area (Å²) in [5.41, 5.74) is 8.03. The molecule has 0 saturated carbocycles. The van der Waals surface area contributed by atoms with Crippen molar-refractivity contribution in [2.45, 2.75) is 33.1 Å². The Kier molecular flexibility index (Phi) is 6.94. The molecule has 2 heterocycles. The van der Waals surface area contributed by atoms with Crippen molar-refractivity contribution in [3.05, 3.63) is 75.3 Å². The number of likely N-dealkylation sites (N-methyl/N-ethyl adjacent to an activating group) is 1. The van der Waals surface area contributed by atoms with E-state index in [-0.39, 0.29) is 5.56 Å². The van der Waals surface area contributed by atoms with E-state index in [0.717, 1.165) is 67.1 Å². The molecule has 0 radical (unpaired) electrons. The molecular formula is C27H33N5O. The number of benzene rings is 1. The molecular weight excluding hydrogens is 410 g/mol. The fourth-order valence-electron chi connectivity index (χ4n) is 4.38. The number of H-pyrrole nitrogens is 1. The predicted molar refractivity (Wildman–Crippen MR) is 138 cm³/mol. The van der Waals surface area contributed by atoms with Crippen molar-refractivity contribution in [1.82, 2.24) is 14.5 Å². The molecule has 4 rings (SSSR count). The van der Waals surface area contributed by atoms with Gasteiger partial charge >= 0.3 is 0 Å². The lowest BCUT2D eigenvalue weighted by Crippen LogP contribution is -2.26. The number of aryl methyl sites for hydroxylation is 1. The Morgan fingerprint density at radius 2 is 2.03 bits per heavy atom. The molecule has 0 aliphatic heterocycles. The standard InChI is InChI=1S/C27H33N5O/c1-4-11-31(3)13-10-29-24-8-6-23(15-22(24)18-28)32-12-9-20(17-27(32)33)26-16-21-14-19(2)5-7-25(21)30-26/h6,8-9,12,14-18,28-30H,4-5,7,10-11,13H2,1-3H3. The van der Waals surface area contributed by atoms with E-state index in [9.17, 15) is 4.79 Å². The first-order chi connectivity index (χ1) is 16.0. The van der Waals surface area contributed by atoms with Gasteiger partial charge < -0.3 is 20.6 Å². The van der Waals surface area contributed by atoms with Gasteiger partial charge in [0.25, 0.3) is 5.56 Å². The number of rotatable bonds is 9. The molecule has 0 bridgehead atoms. The number of fused-ring (bicyclic) bond motifs is 1. The predicted octanol–water partition coefficient (Wildman–Crippen LogP) is 4.93. The van der Waals surface area contributed by atoms with Crippen LogP contribution in [0.15, 0.2) is 53.0 Å². The first-order valence-corrected chi connectivity index (χ1v) is 11.7. The molecule has 0 unspecified atom stereocenters. The molecule has 6 heteroatoms.